The van der Waals surface area contributed by atoms with Gasteiger partial charge in [0.15, 0.2) is 15.5 Å². The third-order valence-corrected chi connectivity index (χ3v) is 7.26. The second kappa shape index (κ2) is 7.10. The first-order valence-corrected chi connectivity index (χ1v) is 11.4. The minimum Gasteiger partial charge on any atom is -0.321 e. The van der Waals surface area contributed by atoms with Gasteiger partial charge in [0, 0.05) is 10.7 Å². The van der Waals surface area contributed by atoms with Gasteiger partial charge in [-0.2, -0.15) is 5.10 Å². The Morgan fingerprint density at radius 2 is 2.11 bits per heavy atom. The van der Waals surface area contributed by atoms with Crippen molar-refractivity contribution < 1.29 is 13.2 Å². The number of aromatic nitrogens is 2. The molecule has 3 aromatic rings. The van der Waals surface area contributed by atoms with E-state index in [1.807, 2.05) is 17.5 Å². The van der Waals surface area contributed by atoms with Crippen LogP contribution in [0.15, 0.2) is 47.8 Å². The quantitative estimate of drug-likeness (QED) is 0.693. The van der Waals surface area contributed by atoms with Crippen LogP contribution in [0.4, 0.5) is 5.69 Å². The summed E-state index contributed by atoms with van der Waals surface area (Å²) in [6, 6.07) is 12.1. The summed E-state index contributed by atoms with van der Waals surface area (Å²) in [6.45, 7) is 0. The number of nitrogens with one attached hydrogen (secondary N) is 1. The maximum Gasteiger partial charge on any atom is 0.276 e. The highest BCUT2D eigenvalue weighted by Gasteiger charge is 2.32. The molecule has 4 rings (SSSR count). The van der Waals surface area contributed by atoms with E-state index < -0.39 is 9.84 Å². The van der Waals surface area contributed by atoms with Crippen molar-refractivity contribution in [2.24, 2.45) is 0 Å². The minimum atomic E-state index is -3.07. The molecule has 0 spiro atoms. The van der Waals surface area contributed by atoms with Crippen molar-refractivity contribution >= 4 is 44.4 Å². The first kappa shape index (κ1) is 18.2. The zero-order chi connectivity index (χ0) is 19.0. The maximum atomic E-state index is 12.7. The molecule has 27 heavy (non-hydrogen) atoms. The first-order chi connectivity index (χ1) is 12.9. The van der Waals surface area contributed by atoms with Gasteiger partial charge in [0.25, 0.3) is 5.91 Å². The predicted molar refractivity (Wildman–Crippen MR) is 107 cm³/mol. The monoisotopic (exact) mass is 421 g/mol. The lowest BCUT2D eigenvalue weighted by molar-refractivity contribution is 0.102. The number of hydrogen-bond acceptors (Lipinski definition) is 5. The van der Waals surface area contributed by atoms with Crippen molar-refractivity contribution in [1.82, 2.24) is 9.78 Å². The average Bonchev–Trinajstić information content (AvgIpc) is 3.32. The van der Waals surface area contributed by atoms with Crippen LogP contribution in [0, 0.1) is 0 Å². The molecule has 3 heterocycles. The molecule has 1 atom stereocenters. The fourth-order valence-electron chi connectivity index (χ4n) is 3.12. The number of hydrogen-bond donors (Lipinski definition) is 1. The predicted octanol–water partition coefficient (Wildman–Crippen LogP) is 3.88. The van der Waals surface area contributed by atoms with Gasteiger partial charge in [-0.15, -0.1) is 11.3 Å². The molecular weight excluding hydrogens is 406 g/mol. The molecule has 1 saturated heterocycles. The van der Waals surface area contributed by atoms with Gasteiger partial charge in [0.2, 0.25) is 0 Å². The van der Waals surface area contributed by atoms with E-state index in [1.165, 1.54) is 11.3 Å². The van der Waals surface area contributed by atoms with Gasteiger partial charge >= 0.3 is 0 Å². The van der Waals surface area contributed by atoms with Gasteiger partial charge in [-0.1, -0.05) is 23.7 Å². The van der Waals surface area contributed by atoms with Gasteiger partial charge in [0.05, 0.1) is 28.1 Å². The zero-order valence-electron chi connectivity index (χ0n) is 14.1. The van der Waals surface area contributed by atoms with E-state index in [0.29, 0.717) is 17.1 Å². The van der Waals surface area contributed by atoms with Crippen LogP contribution >= 0.6 is 22.9 Å². The van der Waals surface area contributed by atoms with E-state index in [-0.39, 0.29) is 29.1 Å². The first-order valence-electron chi connectivity index (χ1n) is 8.32. The molecule has 1 fully saturated rings. The Balaban J connectivity index is 1.68. The number of amides is 1. The molecule has 1 aliphatic rings. The number of carbonyl (C=O) groups excluding carboxylic acids is 1. The van der Waals surface area contributed by atoms with E-state index in [9.17, 15) is 13.2 Å². The summed E-state index contributed by atoms with van der Waals surface area (Å²) in [6.07, 6.45) is 0.498. The summed E-state index contributed by atoms with van der Waals surface area (Å²) in [5, 5.41) is 9.68. The maximum absolute atomic E-state index is 12.7. The van der Waals surface area contributed by atoms with Crippen LogP contribution in [0.1, 0.15) is 23.0 Å². The normalized spacial score (nSPS) is 18.5. The van der Waals surface area contributed by atoms with Crippen LogP contribution < -0.4 is 5.32 Å². The van der Waals surface area contributed by atoms with Crippen LogP contribution in [0.5, 0.6) is 0 Å². The molecule has 0 unspecified atom stereocenters. The third-order valence-electron chi connectivity index (χ3n) is 4.38. The van der Waals surface area contributed by atoms with Crippen LogP contribution in [-0.2, 0) is 9.84 Å². The highest BCUT2D eigenvalue weighted by molar-refractivity contribution is 7.91. The second-order valence-electron chi connectivity index (χ2n) is 6.36. The number of halogens is 1. The van der Waals surface area contributed by atoms with Crippen LogP contribution in [0.2, 0.25) is 5.02 Å². The molecule has 1 aliphatic heterocycles. The van der Waals surface area contributed by atoms with Crippen molar-refractivity contribution in [1.29, 1.82) is 0 Å². The number of thiophene rings is 1. The molecule has 0 radical (unpaired) electrons. The van der Waals surface area contributed by atoms with E-state index in [4.69, 9.17) is 11.6 Å². The number of benzene rings is 1. The summed E-state index contributed by atoms with van der Waals surface area (Å²) in [7, 11) is -3.07. The lowest BCUT2D eigenvalue weighted by atomic mass is 10.2. The molecule has 6 nitrogen and oxygen atoms in total. The van der Waals surface area contributed by atoms with E-state index in [1.54, 1.807) is 35.0 Å². The Labute approximate surface area is 165 Å². The topological polar surface area (TPSA) is 81.1 Å². The fraction of sp³-hybridized carbons (Fsp3) is 0.222. The Morgan fingerprint density at radius 3 is 2.78 bits per heavy atom. The molecule has 0 saturated carbocycles. The van der Waals surface area contributed by atoms with Crippen molar-refractivity contribution in [3.63, 3.8) is 0 Å². The van der Waals surface area contributed by atoms with Gasteiger partial charge in [0.1, 0.15) is 0 Å². The molecule has 1 N–H and O–H groups in total. The Hall–Kier alpha value is -2.16. The summed E-state index contributed by atoms with van der Waals surface area (Å²) in [5.41, 5.74) is 1.56. The molecule has 9 heteroatoms. The van der Waals surface area contributed by atoms with Crippen LogP contribution in [-0.4, -0.2) is 35.6 Å². The van der Waals surface area contributed by atoms with Crippen LogP contribution in [0.25, 0.3) is 10.6 Å². The number of rotatable bonds is 4. The molecule has 2 aromatic heterocycles. The summed E-state index contributed by atoms with van der Waals surface area (Å²) in [5.74, 6) is -0.178. The van der Waals surface area contributed by atoms with E-state index >= 15 is 0 Å². The minimum absolute atomic E-state index is 0.0441. The molecule has 1 amide bonds. The highest BCUT2D eigenvalue weighted by atomic mass is 35.5. The van der Waals surface area contributed by atoms with Crippen LogP contribution in [0.3, 0.4) is 0 Å². The van der Waals surface area contributed by atoms with Crippen molar-refractivity contribution in [2.75, 3.05) is 16.8 Å². The van der Waals surface area contributed by atoms with Gasteiger partial charge in [-0.3, -0.25) is 9.48 Å². The summed E-state index contributed by atoms with van der Waals surface area (Å²) in [4.78, 5) is 13.6. The highest BCUT2D eigenvalue weighted by Crippen LogP contribution is 2.32. The SMILES string of the molecule is O=C(Nc1cccc(Cl)c1)c1cc(-c2cccs2)n([C@@H]2CCS(=O)(=O)C2)n1. The largest absolute Gasteiger partial charge is 0.321 e. The second-order valence-corrected chi connectivity index (χ2v) is 9.97. The third kappa shape index (κ3) is 3.92. The number of nitrogens with zero attached hydrogens (tertiary/aromatic N) is 2. The number of carbonyl (C=O) groups is 1. The standard InChI is InChI=1S/C18H16ClN3O3S2/c19-12-3-1-4-13(9-12)20-18(23)15-10-16(17-5-2-7-26-17)22(21-15)14-6-8-27(24,25)11-14/h1-5,7,9-10,14H,6,8,11H2,(H,20,23)/t14-/m1/s1. The van der Waals surface area contributed by atoms with Crippen molar-refractivity contribution in [2.45, 2.75) is 12.5 Å². The Kier molecular flexibility index (Phi) is 4.79. The zero-order valence-corrected chi connectivity index (χ0v) is 16.5. The van der Waals surface area contributed by atoms with Gasteiger partial charge < -0.3 is 5.32 Å². The smallest absolute Gasteiger partial charge is 0.276 e. The summed E-state index contributed by atoms with van der Waals surface area (Å²) >= 11 is 7.48. The van der Waals surface area contributed by atoms with Gasteiger partial charge in [-0.05, 0) is 42.1 Å². The van der Waals surface area contributed by atoms with Crippen molar-refractivity contribution in [3.8, 4) is 10.6 Å². The lowest BCUT2D eigenvalue weighted by Crippen LogP contribution is -2.16. The number of anilines is 1. The molecule has 1 aromatic carbocycles. The molecular formula is C18H16ClN3O3S2. The summed E-state index contributed by atoms with van der Waals surface area (Å²) < 4.78 is 25.5. The van der Waals surface area contributed by atoms with E-state index in [2.05, 4.69) is 10.4 Å². The van der Waals surface area contributed by atoms with Crippen molar-refractivity contribution in [3.05, 3.63) is 58.6 Å². The Bertz CT molecular complexity index is 1090. The number of sulfone groups is 1. The lowest BCUT2D eigenvalue weighted by Gasteiger charge is -2.12. The Morgan fingerprint density at radius 1 is 1.26 bits per heavy atom. The molecule has 140 valence electrons. The molecule has 0 aliphatic carbocycles. The average molecular weight is 422 g/mol. The fourth-order valence-corrected chi connectivity index (χ4v) is 5.74. The molecule has 0 bridgehead atoms. The van der Waals surface area contributed by atoms with E-state index in [0.717, 1.165) is 10.6 Å². The van der Waals surface area contributed by atoms with Gasteiger partial charge in [-0.25, -0.2) is 8.42 Å².